The molecule has 0 saturated heterocycles. The average Bonchev–Trinajstić information content (AvgIpc) is 2.78. The van der Waals surface area contributed by atoms with Crippen molar-refractivity contribution in [2.45, 2.75) is 20.8 Å². The van der Waals surface area contributed by atoms with Gasteiger partial charge in [-0.1, -0.05) is 0 Å². The molecule has 1 aliphatic rings. The summed E-state index contributed by atoms with van der Waals surface area (Å²) in [6.45, 7) is 14.0. The van der Waals surface area contributed by atoms with E-state index in [9.17, 15) is 10.5 Å². The van der Waals surface area contributed by atoms with Crippen LogP contribution in [0.3, 0.4) is 0 Å². The zero-order chi connectivity index (χ0) is 22.4. The molecule has 0 fully saturated rings. The van der Waals surface area contributed by atoms with Crippen LogP contribution in [0.15, 0.2) is 88.6 Å². The van der Waals surface area contributed by atoms with Gasteiger partial charge in [-0.2, -0.15) is 0 Å². The van der Waals surface area contributed by atoms with Crippen LogP contribution in [0.1, 0.15) is 31.9 Å². The first kappa shape index (κ1) is 22.1. The van der Waals surface area contributed by atoms with E-state index in [1.807, 2.05) is 60.7 Å². The fraction of sp³-hybridized carbons (Fsp3) is 0.148. The third kappa shape index (κ3) is 5.12. The van der Waals surface area contributed by atoms with Gasteiger partial charge >= 0.3 is 191 Å². The van der Waals surface area contributed by atoms with Gasteiger partial charge in [-0.25, -0.2) is 0 Å². The van der Waals surface area contributed by atoms with Gasteiger partial charge < -0.3 is 0 Å². The van der Waals surface area contributed by atoms with Crippen LogP contribution in [0, 0.1) is 34.6 Å². The van der Waals surface area contributed by atoms with Crippen molar-refractivity contribution < 1.29 is 0 Å². The van der Waals surface area contributed by atoms with Crippen molar-refractivity contribution in [2.75, 3.05) is 0 Å². The van der Waals surface area contributed by atoms with Gasteiger partial charge in [0.2, 0.25) is 0 Å². The number of hydrogen-bond donors (Lipinski definition) is 0. The third-order valence-electron chi connectivity index (χ3n) is 4.59. The molecular formula is C27H21N3Se. The SMILES string of the molecule is [C-]#[N+]/C(C#N)=C(/C(C#N)=C1C=C(/C=C/C(C)(C)C)[Se]c2ccccc2\1)c1ccccc1. The van der Waals surface area contributed by atoms with Gasteiger partial charge in [0.15, 0.2) is 0 Å². The molecule has 2 aromatic rings. The molecule has 3 nitrogen and oxygen atoms in total. The van der Waals surface area contributed by atoms with E-state index in [1.165, 1.54) is 4.46 Å². The molecule has 0 radical (unpaired) electrons. The van der Waals surface area contributed by atoms with Crippen LogP contribution in [-0.4, -0.2) is 15.0 Å². The molecule has 0 aliphatic carbocycles. The predicted molar refractivity (Wildman–Crippen MR) is 127 cm³/mol. The number of nitriles is 2. The minimum absolute atomic E-state index is 0.0446. The van der Waals surface area contributed by atoms with Crippen LogP contribution in [0.4, 0.5) is 0 Å². The Bertz CT molecular complexity index is 1230. The summed E-state index contributed by atoms with van der Waals surface area (Å²) in [4.78, 5) is 3.44. The maximum absolute atomic E-state index is 10.2. The zero-order valence-electron chi connectivity index (χ0n) is 17.7. The molecule has 0 spiro atoms. The molecule has 31 heavy (non-hydrogen) atoms. The van der Waals surface area contributed by atoms with E-state index in [4.69, 9.17) is 6.57 Å². The molecule has 150 valence electrons. The molecule has 3 rings (SSSR count). The first-order valence-electron chi connectivity index (χ1n) is 9.78. The molecule has 0 unspecified atom stereocenters. The van der Waals surface area contributed by atoms with Gasteiger partial charge in [-0.3, -0.25) is 0 Å². The molecule has 0 N–H and O–H groups in total. The molecule has 4 heteroatoms. The van der Waals surface area contributed by atoms with Crippen molar-refractivity contribution in [1.82, 2.24) is 0 Å². The van der Waals surface area contributed by atoms with Crippen molar-refractivity contribution in [2.24, 2.45) is 5.41 Å². The second-order valence-electron chi connectivity index (χ2n) is 8.06. The summed E-state index contributed by atoms with van der Waals surface area (Å²) < 4.78 is 2.33. The van der Waals surface area contributed by atoms with E-state index >= 15 is 0 Å². The van der Waals surface area contributed by atoms with Gasteiger partial charge in [0.1, 0.15) is 0 Å². The average molecular weight is 466 g/mol. The molecule has 0 bridgehead atoms. The molecule has 0 aromatic heterocycles. The van der Waals surface area contributed by atoms with Crippen LogP contribution >= 0.6 is 0 Å². The first-order chi connectivity index (χ1) is 14.9. The van der Waals surface area contributed by atoms with E-state index < -0.39 is 0 Å². The van der Waals surface area contributed by atoms with Gasteiger partial charge in [0.25, 0.3) is 0 Å². The summed E-state index contributed by atoms with van der Waals surface area (Å²) in [7, 11) is 0. The topological polar surface area (TPSA) is 51.9 Å². The third-order valence-corrected chi connectivity index (χ3v) is 6.82. The Morgan fingerprint density at radius 2 is 1.68 bits per heavy atom. The molecule has 0 amide bonds. The van der Waals surface area contributed by atoms with Crippen molar-refractivity contribution >= 4 is 30.6 Å². The van der Waals surface area contributed by atoms with Gasteiger partial charge in [0.05, 0.1) is 0 Å². The van der Waals surface area contributed by atoms with E-state index in [-0.39, 0.29) is 26.1 Å². The molecular weight excluding hydrogens is 445 g/mol. The summed E-state index contributed by atoms with van der Waals surface area (Å²) >= 11 is 0.108. The van der Waals surface area contributed by atoms with E-state index in [0.717, 1.165) is 15.6 Å². The van der Waals surface area contributed by atoms with Gasteiger partial charge in [-0.15, -0.1) is 0 Å². The maximum atomic E-state index is 10.2. The Kier molecular flexibility index (Phi) is 6.74. The second-order valence-corrected chi connectivity index (χ2v) is 10.4. The summed E-state index contributed by atoms with van der Waals surface area (Å²) in [5.74, 6) is 0. The van der Waals surface area contributed by atoms with Crippen molar-refractivity contribution in [3.8, 4) is 12.1 Å². The van der Waals surface area contributed by atoms with Gasteiger partial charge in [0, 0.05) is 0 Å². The second kappa shape index (κ2) is 9.47. The van der Waals surface area contributed by atoms with Crippen LogP contribution in [0.25, 0.3) is 16.0 Å². The Balaban J connectivity index is 2.36. The zero-order valence-corrected chi connectivity index (χ0v) is 19.4. The fourth-order valence-electron chi connectivity index (χ4n) is 3.17. The monoisotopic (exact) mass is 467 g/mol. The Labute approximate surface area is 190 Å². The summed E-state index contributed by atoms with van der Waals surface area (Å²) in [6.07, 6.45) is 6.36. The van der Waals surface area contributed by atoms with E-state index in [1.54, 1.807) is 0 Å². The molecule has 1 aliphatic heterocycles. The van der Waals surface area contributed by atoms with Crippen LogP contribution in [-0.2, 0) is 0 Å². The van der Waals surface area contributed by atoms with Crippen LogP contribution < -0.4 is 4.46 Å². The molecule has 1 heterocycles. The predicted octanol–water partition coefficient (Wildman–Crippen LogP) is 5.65. The van der Waals surface area contributed by atoms with Crippen molar-refractivity contribution in [3.63, 3.8) is 0 Å². The van der Waals surface area contributed by atoms with Crippen molar-refractivity contribution in [1.29, 1.82) is 10.5 Å². The molecule has 2 aromatic carbocycles. The first-order valence-corrected chi connectivity index (χ1v) is 11.5. The molecule has 0 saturated carbocycles. The van der Waals surface area contributed by atoms with Gasteiger partial charge in [-0.05, 0) is 0 Å². The fourth-order valence-corrected chi connectivity index (χ4v) is 5.27. The summed E-state index contributed by atoms with van der Waals surface area (Å²) in [5.41, 5.74) is 3.14. The number of allylic oxidation sites excluding steroid dienone is 8. The normalized spacial score (nSPS) is 15.7. The Morgan fingerprint density at radius 3 is 2.29 bits per heavy atom. The Hall–Kier alpha value is -3.61. The minimum atomic E-state index is -0.0796. The Morgan fingerprint density at radius 1 is 1.00 bits per heavy atom. The number of benzene rings is 2. The van der Waals surface area contributed by atoms with E-state index in [2.05, 4.69) is 49.9 Å². The van der Waals surface area contributed by atoms with E-state index in [0.29, 0.717) is 16.7 Å². The van der Waals surface area contributed by atoms with Crippen molar-refractivity contribution in [3.05, 3.63) is 111 Å². The summed E-state index contributed by atoms with van der Waals surface area (Å²) in [6, 6.07) is 21.6. The van der Waals surface area contributed by atoms with Crippen LogP contribution in [0.2, 0.25) is 0 Å². The number of nitrogens with zero attached hydrogens (tertiary/aromatic N) is 3. The number of rotatable bonds is 3. The van der Waals surface area contributed by atoms with Crippen LogP contribution in [0.5, 0.6) is 0 Å². The number of hydrogen-bond acceptors (Lipinski definition) is 2. The summed E-state index contributed by atoms with van der Waals surface area (Å²) in [5, 5.41) is 19.9. The standard InChI is InChI=1S/C27H21N3Se/c1-27(2,3)15-14-20-16-22(21-12-8-9-13-25(21)31-20)23(17-28)26(24(18-29)30-4)19-10-6-5-7-11-19/h5-16H,1-3H3/b15-14+,23-22+,26-24+. The quantitative estimate of drug-likeness (QED) is 0.334. The molecule has 0 atom stereocenters. The number of fused-ring (bicyclic) bond motifs is 1.